The van der Waals surface area contributed by atoms with Crippen molar-refractivity contribution in [2.75, 3.05) is 18.1 Å². The molecule has 0 radical (unpaired) electrons. The van der Waals surface area contributed by atoms with Gasteiger partial charge in [0.2, 0.25) is 0 Å². The molecule has 0 spiro atoms. The third-order valence-electron chi connectivity index (χ3n) is 4.37. The number of nitrogens with zero attached hydrogens (tertiary/aromatic N) is 2. The third-order valence-corrected chi connectivity index (χ3v) is 6.07. The maximum Gasteiger partial charge on any atom is 0.139 e. The lowest BCUT2D eigenvalue weighted by molar-refractivity contribution is 0.0798. The molecule has 148 valence electrons. The predicted octanol–water partition coefficient (Wildman–Crippen LogP) is 4.82. The van der Waals surface area contributed by atoms with Crippen LogP contribution in [0.2, 0.25) is 25.7 Å². The van der Waals surface area contributed by atoms with Crippen LogP contribution in [0, 0.1) is 0 Å². The minimum atomic E-state index is -1.09. The Hall–Kier alpha value is -2.77. The molecule has 0 atom stereocenters. The van der Waals surface area contributed by atoms with Crippen molar-refractivity contribution in [1.82, 2.24) is 9.78 Å². The Kier molecular flexibility index (Phi) is 6.06. The Balaban J connectivity index is 1.64. The second-order valence-electron chi connectivity index (χ2n) is 7.98. The predicted molar refractivity (Wildman–Crippen MR) is 117 cm³/mol. The molecule has 6 nitrogen and oxygen atoms in total. The number of ether oxygens (including phenoxy) is 2. The number of anilines is 2. The molecule has 0 bridgehead atoms. The van der Waals surface area contributed by atoms with Gasteiger partial charge in [-0.05, 0) is 48.5 Å². The van der Waals surface area contributed by atoms with Crippen molar-refractivity contribution in [1.29, 1.82) is 0 Å². The zero-order valence-corrected chi connectivity index (χ0v) is 17.7. The molecule has 2 aromatic carbocycles. The van der Waals surface area contributed by atoms with E-state index in [1.807, 2.05) is 35.0 Å². The monoisotopic (exact) mass is 396 g/mol. The van der Waals surface area contributed by atoms with Gasteiger partial charge in [-0.15, -0.1) is 0 Å². The van der Waals surface area contributed by atoms with Gasteiger partial charge in [-0.3, -0.25) is 0 Å². The van der Waals surface area contributed by atoms with Crippen LogP contribution in [0.4, 0.5) is 11.4 Å². The summed E-state index contributed by atoms with van der Waals surface area (Å²) in [5, 5.41) is 4.38. The van der Waals surface area contributed by atoms with Gasteiger partial charge in [0.05, 0.1) is 17.1 Å². The molecule has 1 aromatic heterocycles. The lowest BCUT2D eigenvalue weighted by atomic mass is 10.1. The Bertz CT molecular complexity index is 917. The maximum atomic E-state index is 5.85. The van der Waals surface area contributed by atoms with Crippen LogP contribution in [0.25, 0.3) is 11.3 Å². The van der Waals surface area contributed by atoms with E-state index in [2.05, 4.69) is 24.7 Å². The summed E-state index contributed by atoms with van der Waals surface area (Å²) >= 11 is 0. The highest BCUT2D eigenvalue weighted by molar-refractivity contribution is 6.76. The van der Waals surface area contributed by atoms with E-state index in [0.717, 1.165) is 29.7 Å². The number of rotatable bonds is 8. The number of aromatic nitrogens is 2. The zero-order chi connectivity index (χ0) is 20.1. The van der Waals surface area contributed by atoms with Crippen LogP contribution in [0.3, 0.4) is 0 Å². The summed E-state index contributed by atoms with van der Waals surface area (Å²) in [6.07, 6.45) is 1.79. The lowest BCUT2D eigenvalue weighted by Gasteiger charge is -2.16. The fourth-order valence-corrected chi connectivity index (χ4v) is 3.41. The standard InChI is InChI=1S/C21H28N4O2Si/c1-28(2,3)13-12-26-15-25-21(10-11-24-25)16-4-6-17(7-5-16)27-18-8-9-19(22)20(23)14-18/h4-11,14H,12-13,15,22-23H2,1-3H3. The van der Waals surface area contributed by atoms with E-state index in [0.29, 0.717) is 23.9 Å². The van der Waals surface area contributed by atoms with Gasteiger partial charge in [0.1, 0.15) is 18.2 Å². The quantitative estimate of drug-likeness (QED) is 0.324. The first-order chi connectivity index (χ1) is 13.3. The molecule has 3 rings (SSSR count). The van der Waals surface area contributed by atoms with E-state index in [4.69, 9.17) is 20.9 Å². The highest BCUT2D eigenvalue weighted by Crippen LogP contribution is 2.28. The minimum Gasteiger partial charge on any atom is -0.457 e. The molecular weight excluding hydrogens is 368 g/mol. The highest BCUT2D eigenvalue weighted by Gasteiger charge is 2.12. The molecule has 28 heavy (non-hydrogen) atoms. The SMILES string of the molecule is C[Si](C)(C)CCOCn1nccc1-c1ccc(Oc2ccc(N)c(N)c2)cc1. The van der Waals surface area contributed by atoms with Gasteiger partial charge in [-0.2, -0.15) is 5.10 Å². The van der Waals surface area contributed by atoms with Gasteiger partial charge in [-0.1, -0.05) is 19.6 Å². The number of hydrogen-bond donors (Lipinski definition) is 2. The van der Waals surface area contributed by atoms with Crippen molar-refractivity contribution in [3.05, 3.63) is 54.7 Å². The summed E-state index contributed by atoms with van der Waals surface area (Å²) in [5.74, 6) is 1.38. The average molecular weight is 397 g/mol. The lowest BCUT2D eigenvalue weighted by Crippen LogP contribution is -2.22. The molecule has 0 aliphatic heterocycles. The molecule has 0 saturated heterocycles. The van der Waals surface area contributed by atoms with Crippen LogP contribution in [0.15, 0.2) is 54.7 Å². The molecule has 0 amide bonds. The van der Waals surface area contributed by atoms with E-state index < -0.39 is 8.07 Å². The Morgan fingerprint density at radius 2 is 1.64 bits per heavy atom. The van der Waals surface area contributed by atoms with E-state index in [1.54, 1.807) is 24.4 Å². The van der Waals surface area contributed by atoms with Crippen molar-refractivity contribution < 1.29 is 9.47 Å². The summed E-state index contributed by atoms with van der Waals surface area (Å²) in [6, 6.07) is 16.2. The van der Waals surface area contributed by atoms with Gasteiger partial charge in [0, 0.05) is 32.5 Å². The van der Waals surface area contributed by atoms with Crippen LogP contribution >= 0.6 is 0 Å². The van der Waals surface area contributed by atoms with Crippen molar-refractivity contribution >= 4 is 19.4 Å². The van der Waals surface area contributed by atoms with Gasteiger partial charge < -0.3 is 20.9 Å². The van der Waals surface area contributed by atoms with Crippen LogP contribution in [0.1, 0.15) is 0 Å². The van der Waals surface area contributed by atoms with Crippen LogP contribution in [0.5, 0.6) is 11.5 Å². The summed E-state index contributed by atoms with van der Waals surface area (Å²) in [5.41, 5.74) is 14.7. The summed E-state index contributed by atoms with van der Waals surface area (Å²) in [4.78, 5) is 0. The van der Waals surface area contributed by atoms with Gasteiger partial charge >= 0.3 is 0 Å². The second-order valence-corrected chi connectivity index (χ2v) is 13.6. The molecule has 4 N–H and O–H groups in total. The molecule has 0 aliphatic carbocycles. The molecule has 7 heteroatoms. The molecule has 0 saturated carbocycles. The smallest absolute Gasteiger partial charge is 0.139 e. The first-order valence-electron chi connectivity index (χ1n) is 9.35. The first kappa shape index (κ1) is 20.0. The molecular formula is C21H28N4O2Si. The molecule has 3 aromatic rings. The fraction of sp³-hybridized carbons (Fsp3) is 0.286. The van der Waals surface area contributed by atoms with E-state index in [1.165, 1.54) is 0 Å². The molecule has 1 heterocycles. The fourth-order valence-electron chi connectivity index (χ4n) is 2.66. The topological polar surface area (TPSA) is 88.3 Å². The van der Waals surface area contributed by atoms with Crippen molar-refractivity contribution in [2.24, 2.45) is 0 Å². The number of benzene rings is 2. The Labute approximate surface area is 167 Å². The van der Waals surface area contributed by atoms with Crippen LogP contribution in [-0.4, -0.2) is 24.5 Å². The van der Waals surface area contributed by atoms with Crippen LogP contribution in [-0.2, 0) is 11.5 Å². The minimum absolute atomic E-state index is 0.454. The zero-order valence-electron chi connectivity index (χ0n) is 16.7. The van der Waals surface area contributed by atoms with Gasteiger partial charge in [0.25, 0.3) is 0 Å². The number of hydrogen-bond acceptors (Lipinski definition) is 5. The van der Waals surface area contributed by atoms with Gasteiger partial charge in [-0.25, -0.2) is 4.68 Å². The second kappa shape index (κ2) is 8.49. The Morgan fingerprint density at radius 3 is 2.32 bits per heavy atom. The maximum absolute atomic E-state index is 5.85. The van der Waals surface area contributed by atoms with Crippen molar-refractivity contribution in [2.45, 2.75) is 32.4 Å². The summed E-state index contributed by atoms with van der Waals surface area (Å²) in [6.45, 7) is 8.26. The highest BCUT2D eigenvalue weighted by atomic mass is 28.3. The number of nitrogens with two attached hydrogens (primary N) is 2. The summed E-state index contributed by atoms with van der Waals surface area (Å²) in [7, 11) is -1.09. The molecule has 0 aliphatic rings. The van der Waals surface area contributed by atoms with Crippen molar-refractivity contribution in [3.63, 3.8) is 0 Å². The van der Waals surface area contributed by atoms with Crippen molar-refractivity contribution in [3.8, 4) is 22.8 Å². The van der Waals surface area contributed by atoms with Gasteiger partial charge in [0.15, 0.2) is 0 Å². The van der Waals surface area contributed by atoms with E-state index in [-0.39, 0.29) is 0 Å². The largest absolute Gasteiger partial charge is 0.457 e. The van der Waals surface area contributed by atoms with Crippen LogP contribution < -0.4 is 16.2 Å². The normalized spacial score (nSPS) is 11.5. The Morgan fingerprint density at radius 1 is 0.929 bits per heavy atom. The molecule has 0 fully saturated rings. The molecule has 0 unspecified atom stereocenters. The average Bonchev–Trinajstić information content (AvgIpc) is 3.10. The number of nitrogen functional groups attached to an aromatic ring is 2. The summed E-state index contributed by atoms with van der Waals surface area (Å²) < 4.78 is 13.6. The van der Waals surface area contributed by atoms with E-state index in [9.17, 15) is 0 Å². The third kappa shape index (κ3) is 5.37. The first-order valence-corrected chi connectivity index (χ1v) is 13.1. The van der Waals surface area contributed by atoms with E-state index >= 15 is 0 Å².